The molecule has 28 heavy (non-hydrogen) atoms. The van der Waals surface area contributed by atoms with Crippen molar-refractivity contribution in [1.82, 2.24) is 0 Å². The third-order valence-corrected chi connectivity index (χ3v) is 4.50. The van der Waals surface area contributed by atoms with Gasteiger partial charge in [0.05, 0.1) is 17.3 Å². The number of hydrogen-bond donors (Lipinski definition) is 1. The van der Waals surface area contributed by atoms with Crippen LogP contribution in [-0.2, 0) is 10.1 Å². The van der Waals surface area contributed by atoms with E-state index in [-0.39, 0.29) is 86.8 Å². The van der Waals surface area contributed by atoms with E-state index in [9.17, 15) is 28.0 Å². The van der Waals surface area contributed by atoms with Crippen molar-refractivity contribution in [2.45, 2.75) is 4.90 Å². The summed E-state index contributed by atoms with van der Waals surface area (Å²) in [6.45, 7) is 0. The van der Waals surface area contributed by atoms with Gasteiger partial charge in [-0.05, 0) is 17.5 Å². The number of nitrogens with zero attached hydrogens (tertiary/aromatic N) is 2. The third kappa shape index (κ3) is 5.19. The van der Waals surface area contributed by atoms with Crippen LogP contribution in [0.1, 0.15) is 10.4 Å². The summed E-state index contributed by atoms with van der Waals surface area (Å²) in [4.78, 5) is 10.6. The van der Waals surface area contributed by atoms with Crippen molar-refractivity contribution in [2.75, 3.05) is 0 Å². The molecular weight excluding hydrogens is 406 g/mol. The Morgan fingerprint density at radius 3 is 2.04 bits per heavy atom. The summed E-state index contributed by atoms with van der Waals surface area (Å²) < 4.78 is 32.7. The maximum atomic E-state index is 12.5. The van der Waals surface area contributed by atoms with E-state index >= 15 is 0 Å². The summed E-state index contributed by atoms with van der Waals surface area (Å²) in [6, 6.07) is 12.3. The molecule has 0 saturated heterocycles. The van der Waals surface area contributed by atoms with Crippen molar-refractivity contribution in [2.24, 2.45) is 10.2 Å². The zero-order valence-corrected chi connectivity index (χ0v) is 19.8. The topological polar surface area (TPSA) is 142 Å². The molecule has 0 radical (unpaired) electrons. The molecule has 0 aromatic heterocycles. The molecule has 0 unspecified atom stereocenters. The predicted molar refractivity (Wildman–Crippen MR) is 88.2 cm³/mol. The van der Waals surface area contributed by atoms with E-state index in [1.807, 2.05) is 0 Å². The van der Waals surface area contributed by atoms with Gasteiger partial charge in [0.2, 0.25) is 0 Å². The molecule has 3 rings (SSSR count). The number of benzene rings is 3. The van der Waals surface area contributed by atoms with Crippen LogP contribution < -0.4 is 69.3 Å². The average molecular weight is 416 g/mol. The predicted octanol–water partition coefficient (Wildman–Crippen LogP) is -4.05. The average Bonchev–Trinajstić information content (AvgIpc) is 2.60. The summed E-state index contributed by atoms with van der Waals surface area (Å²) in [7, 11) is -4.62. The van der Waals surface area contributed by atoms with Crippen molar-refractivity contribution >= 4 is 38.2 Å². The van der Waals surface area contributed by atoms with Crippen molar-refractivity contribution in [3.63, 3.8) is 0 Å². The molecule has 0 spiro atoms. The Bertz CT molecular complexity index is 1170. The van der Waals surface area contributed by atoms with E-state index in [2.05, 4.69) is 10.2 Å². The van der Waals surface area contributed by atoms with E-state index in [0.717, 1.165) is 6.07 Å². The molecule has 0 heterocycles. The second-order valence-corrected chi connectivity index (χ2v) is 6.64. The van der Waals surface area contributed by atoms with Gasteiger partial charge in [0.25, 0.3) is 10.1 Å². The summed E-state index contributed by atoms with van der Waals surface area (Å²) in [5.41, 5.74) is -0.655. The number of aromatic carboxylic acids is 1. The van der Waals surface area contributed by atoms with Gasteiger partial charge in [0, 0.05) is 10.9 Å². The van der Waals surface area contributed by atoms with E-state index in [1.165, 1.54) is 48.5 Å². The molecule has 0 bridgehead atoms. The molecule has 0 saturated carbocycles. The molecule has 0 amide bonds. The Labute approximate surface area is 204 Å². The number of azo groups is 1. The van der Waals surface area contributed by atoms with Crippen molar-refractivity contribution in [3.8, 4) is 5.75 Å². The number of fused-ring (bicyclic) bond motifs is 1. The molecule has 0 atom stereocenters. The fraction of sp³-hybridized carbons (Fsp3) is 0. The van der Waals surface area contributed by atoms with Gasteiger partial charge in [-0.2, -0.15) is 13.5 Å². The first-order chi connectivity index (χ1) is 12.3. The molecule has 11 heteroatoms. The molecule has 3 aromatic rings. The van der Waals surface area contributed by atoms with E-state index in [0.29, 0.717) is 0 Å². The van der Waals surface area contributed by atoms with Crippen LogP contribution in [0.15, 0.2) is 69.7 Å². The van der Waals surface area contributed by atoms with Crippen molar-refractivity contribution in [1.29, 1.82) is 0 Å². The Morgan fingerprint density at radius 2 is 1.43 bits per heavy atom. The SMILES string of the molecule is O=C([O-])c1ccccc1N=Nc1cc(S(=O)(=O)O)c2ccccc2c1[O-].[Na+].[Na+]. The van der Waals surface area contributed by atoms with E-state index in [1.54, 1.807) is 0 Å². The minimum Gasteiger partial charge on any atom is -0.871 e. The summed E-state index contributed by atoms with van der Waals surface area (Å²) >= 11 is 0. The number of carboxylic acids is 1. The second-order valence-electron chi connectivity index (χ2n) is 5.25. The van der Waals surface area contributed by atoms with Gasteiger partial charge in [-0.15, -0.1) is 5.11 Å². The Balaban J connectivity index is 0.00000196. The zero-order valence-electron chi connectivity index (χ0n) is 15.0. The fourth-order valence-corrected chi connectivity index (χ4v) is 3.15. The molecule has 0 aliphatic heterocycles. The number of rotatable bonds is 4. The monoisotopic (exact) mass is 416 g/mol. The number of carboxylic acid groups (broad SMARTS) is 1. The van der Waals surface area contributed by atoms with Crippen molar-refractivity contribution < 1.29 is 87.1 Å². The minimum atomic E-state index is -4.62. The summed E-state index contributed by atoms with van der Waals surface area (Å²) in [5.74, 6) is -2.08. The van der Waals surface area contributed by atoms with Crippen LogP contribution in [0.5, 0.6) is 5.75 Å². The Hall–Kier alpha value is -1.30. The van der Waals surface area contributed by atoms with Crippen LogP contribution >= 0.6 is 0 Å². The van der Waals surface area contributed by atoms with Gasteiger partial charge >= 0.3 is 59.1 Å². The van der Waals surface area contributed by atoms with Gasteiger partial charge in [0.1, 0.15) is 4.90 Å². The van der Waals surface area contributed by atoms with Crippen LogP contribution in [0.3, 0.4) is 0 Å². The normalized spacial score (nSPS) is 11.0. The molecule has 3 aromatic carbocycles. The molecule has 132 valence electrons. The maximum Gasteiger partial charge on any atom is 1.00 e. The van der Waals surface area contributed by atoms with Gasteiger partial charge in [-0.25, -0.2) is 0 Å². The van der Waals surface area contributed by atoms with Crippen LogP contribution in [0.4, 0.5) is 11.4 Å². The largest absolute Gasteiger partial charge is 1.00 e. The van der Waals surface area contributed by atoms with Crippen molar-refractivity contribution in [3.05, 3.63) is 60.2 Å². The fourth-order valence-electron chi connectivity index (χ4n) is 2.43. The first-order valence-electron chi connectivity index (χ1n) is 7.21. The van der Waals surface area contributed by atoms with E-state index in [4.69, 9.17) is 0 Å². The second kappa shape index (κ2) is 9.95. The van der Waals surface area contributed by atoms with Crippen LogP contribution in [0.2, 0.25) is 0 Å². The summed E-state index contributed by atoms with van der Waals surface area (Å²) in [6.07, 6.45) is 0. The quantitative estimate of drug-likeness (QED) is 0.261. The van der Waals surface area contributed by atoms with E-state index < -0.39 is 26.7 Å². The molecule has 0 fully saturated rings. The molecular formula is C17H10N2Na2O6S. The van der Waals surface area contributed by atoms with Crippen LogP contribution in [0, 0.1) is 0 Å². The van der Waals surface area contributed by atoms with Gasteiger partial charge in [-0.1, -0.05) is 48.2 Å². The molecule has 1 N–H and O–H groups in total. The zero-order chi connectivity index (χ0) is 18.9. The third-order valence-electron chi connectivity index (χ3n) is 3.60. The van der Waals surface area contributed by atoms with Gasteiger partial charge in [-0.3, -0.25) is 4.55 Å². The first-order valence-corrected chi connectivity index (χ1v) is 8.65. The molecule has 0 aliphatic carbocycles. The maximum absolute atomic E-state index is 12.5. The summed E-state index contributed by atoms with van der Waals surface area (Å²) in [5, 5.41) is 31.1. The number of carbonyl (C=O) groups is 1. The van der Waals surface area contributed by atoms with Gasteiger partial charge in [0.15, 0.2) is 0 Å². The Morgan fingerprint density at radius 1 is 0.893 bits per heavy atom. The number of carbonyl (C=O) groups excluding carboxylic acids is 1. The number of hydrogen-bond acceptors (Lipinski definition) is 7. The van der Waals surface area contributed by atoms with Crippen LogP contribution in [0.25, 0.3) is 10.8 Å². The minimum absolute atomic E-state index is 0. The Kier molecular flexibility index (Phi) is 8.79. The molecule has 0 aliphatic rings. The van der Waals surface area contributed by atoms with Crippen LogP contribution in [-0.4, -0.2) is 18.9 Å². The standard InChI is InChI=1S/C17H12N2O6S.2Na/c20-16-11-6-2-1-5-10(11)15(26(23,24)25)9-14(16)19-18-13-8-4-3-7-12(13)17(21)22;;/h1-9,20H,(H,21,22)(H,23,24,25);;/q;2*+1/p-2. The first kappa shape index (κ1) is 24.7. The molecule has 8 nitrogen and oxygen atoms in total. The van der Waals surface area contributed by atoms with Gasteiger partial charge < -0.3 is 15.0 Å². The smallest absolute Gasteiger partial charge is 0.871 e.